The normalized spacial score (nSPS) is 19.4. The molecule has 6 heteroatoms. The molecule has 1 aromatic rings. The van der Waals surface area contributed by atoms with E-state index in [1.807, 2.05) is 6.07 Å². The standard InChI is InChI=1S/C12H15N3O3/c1-7-3-8(2)12(10(4-7)15(17)18)14-6-9(13)5-11(14)16/h3-4,9H,5-6,13H2,1-2H3. The minimum atomic E-state index is -0.452. The molecule has 1 unspecified atom stereocenters. The number of benzene rings is 1. The zero-order valence-electron chi connectivity index (χ0n) is 10.3. The summed E-state index contributed by atoms with van der Waals surface area (Å²) >= 11 is 0. The highest BCUT2D eigenvalue weighted by Gasteiger charge is 2.33. The van der Waals surface area contributed by atoms with Crippen LogP contribution in [0.15, 0.2) is 12.1 Å². The fourth-order valence-corrected chi connectivity index (χ4v) is 2.38. The van der Waals surface area contributed by atoms with Crippen molar-refractivity contribution < 1.29 is 9.72 Å². The number of amides is 1. The molecule has 0 aliphatic carbocycles. The van der Waals surface area contributed by atoms with Gasteiger partial charge in [-0.3, -0.25) is 14.9 Å². The van der Waals surface area contributed by atoms with Gasteiger partial charge in [0.05, 0.1) is 4.92 Å². The second kappa shape index (κ2) is 4.38. The van der Waals surface area contributed by atoms with E-state index in [4.69, 9.17) is 5.73 Å². The first-order valence-corrected chi connectivity index (χ1v) is 5.71. The zero-order chi connectivity index (χ0) is 13.4. The highest BCUT2D eigenvalue weighted by Crippen LogP contribution is 2.35. The summed E-state index contributed by atoms with van der Waals surface area (Å²) in [5.41, 5.74) is 7.60. The lowest BCUT2D eigenvalue weighted by atomic mass is 10.1. The third-order valence-corrected chi connectivity index (χ3v) is 3.05. The second-order valence-corrected chi connectivity index (χ2v) is 4.68. The Morgan fingerprint density at radius 2 is 2.11 bits per heavy atom. The van der Waals surface area contributed by atoms with E-state index in [0.717, 1.165) is 11.1 Å². The van der Waals surface area contributed by atoms with E-state index >= 15 is 0 Å². The predicted molar refractivity (Wildman–Crippen MR) is 67.5 cm³/mol. The molecule has 1 atom stereocenters. The van der Waals surface area contributed by atoms with Gasteiger partial charge < -0.3 is 10.6 Å². The summed E-state index contributed by atoms with van der Waals surface area (Å²) in [6.45, 7) is 3.90. The minimum Gasteiger partial charge on any atom is -0.326 e. The zero-order valence-corrected chi connectivity index (χ0v) is 10.3. The van der Waals surface area contributed by atoms with Crippen LogP contribution in [-0.2, 0) is 4.79 Å². The van der Waals surface area contributed by atoms with Gasteiger partial charge in [0.2, 0.25) is 5.91 Å². The number of rotatable bonds is 2. The van der Waals surface area contributed by atoms with Crippen molar-refractivity contribution in [3.63, 3.8) is 0 Å². The van der Waals surface area contributed by atoms with Gasteiger partial charge in [0.25, 0.3) is 5.69 Å². The summed E-state index contributed by atoms with van der Waals surface area (Å²) in [5.74, 6) is -0.155. The maximum Gasteiger partial charge on any atom is 0.293 e. The topological polar surface area (TPSA) is 89.5 Å². The summed E-state index contributed by atoms with van der Waals surface area (Å²) < 4.78 is 0. The number of nitro benzene ring substituents is 1. The molecular weight excluding hydrogens is 234 g/mol. The van der Waals surface area contributed by atoms with E-state index in [0.29, 0.717) is 12.2 Å². The van der Waals surface area contributed by atoms with E-state index in [1.165, 1.54) is 11.0 Å². The Kier molecular flexibility index (Phi) is 3.04. The number of nitro groups is 1. The predicted octanol–water partition coefficient (Wildman–Crippen LogP) is 1.28. The molecule has 96 valence electrons. The number of carbonyl (C=O) groups is 1. The van der Waals surface area contributed by atoms with Crippen LogP contribution in [0.5, 0.6) is 0 Å². The second-order valence-electron chi connectivity index (χ2n) is 4.68. The van der Waals surface area contributed by atoms with Gasteiger partial charge in [-0.25, -0.2) is 0 Å². The molecule has 0 radical (unpaired) electrons. The van der Waals surface area contributed by atoms with Gasteiger partial charge in [-0.2, -0.15) is 0 Å². The molecular formula is C12H15N3O3. The number of hydrogen-bond acceptors (Lipinski definition) is 4. The Labute approximate surface area is 105 Å². The van der Waals surface area contributed by atoms with Crippen LogP contribution in [0.3, 0.4) is 0 Å². The van der Waals surface area contributed by atoms with Crippen molar-refractivity contribution in [1.82, 2.24) is 0 Å². The van der Waals surface area contributed by atoms with Gasteiger partial charge in [0.1, 0.15) is 5.69 Å². The Morgan fingerprint density at radius 1 is 1.44 bits per heavy atom. The van der Waals surface area contributed by atoms with Crippen molar-refractivity contribution in [1.29, 1.82) is 0 Å². The molecule has 0 saturated carbocycles. The summed E-state index contributed by atoms with van der Waals surface area (Å²) in [6.07, 6.45) is 0.241. The van der Waals surface area contributed by atoms with E-state index in [2.05, 4.69) is 0 Å². The largest absolute Gasteiger partial charge is 0.326 e. The Hall–Kier alpha value is -1.95. The molecule has 18 heavy (non-hydrogen) atoms. The monoisotopic (exact) mass is 249 g/mol. The highest BCUT2D eigenvalue weighted by atomic mass is 16.6. The molecule has 2 rings (SSSR count). The number of aryl methyl sites for hydroxylation is 2. The third kappa shape index (κ3) is 2.06. The third-order valence-electron chi connectivity index (χ3n) is 3.05. The molecule has 0 bridgehead atoms. The fraction of sp³-hybridized carbons (Fsp3) is 0.417. The summed E-state index contributed by atoms with van der Waals surface area (Å²) in [5, 5.41) is 11.1. The number of anilines is 1. The molecule has 1 aromatic carbocycles. The smallest absolute Gasteiger partial charge is 0.293 e. The molecule has 1 fully saturated rings. The quantitative estimate of drug-likeness (QED) is 0.631. The van der Waals surface area contributed by atoms with Crippen molar-refractivity contribution >= 4 is 17.3 Å². The van der Waals surface area contributed by atoms with Crippen molar-refractivity contribution in [2.24, 2.45) is 5.73 Å². The van der Waals surface area contributed by atoms with Crippen LogP contribution in [0.4, 0.5) is 11.4 Å². The van der Waals surface area contributed by atoms with Gasteiger partial charge in [-0.1, -0.05) is 6.07 Å². The molecule has 1 amide bonds. The molecule has 2 N–H and O–H groups in total. The Morgan fingerprint density at radius 3 is 2.61 bits per heavy atom. The van der Waals surface area contributed by atoms with Crippen LogP contribution < -0.4 is 10.6 Å². The number of nitrogens with zero attached hydrogens (tertiary/aromatic N) is 2. The molecule has 0 spiro atoms. The lowest BCUT2D eigenvalue weighted by Crippen LogP contribution is -2.29. The average molecular weight is 249 g/mol. The van der Waals surface area contributed by atoms with Crippen LogP contribution in [0.1, 0.15) is 17.5 Å². The summed E-state index contributed by atoms with van der Waals surface area (Å²) in [4.78, 5) is 23.9. The maximum atomic E-state index is 11.8. The van der Waals surface area contributed by atoms with Crippen molar-refractivity contribution in [2.75, 3.05) is 11.4 Å². The number of nitrogens with two attached hydrogens (primary N) is 1. The van der Waals surface area contributed by atoms with Crippen LogP contribution >= 0.6 is 0 Å². The minimum absolute atomic E-state index is 0.0325. The van der Waals surface area contributed by atoms with Crippen molar-refractivity contribution in [3.8, 4) is 0 Å². The van der Waals surface area contributed by atoms with Gasteiger partial charge >= 0.3 is 0 Å². The van der Waals surface area contributed by atoms with Crippen LogP contribution in [0, 0.1) is 24.0 Å². The molecule has 1 aliphatic rings. The first-order valence-electron chi connectivity index (χ1n) is 5.71. The number of carbonyl (C=O) groups excluding carboxylic acids is 1. The van der Waals surface area contributed by atoms with Crippen molar-refractivity contribution in [2.45, 2.75) is 26.3 Å². The highest BCUT2D eigenvalue weighted by molar-refractivity contribution is 5.99. The van der Waals surface area contributed by atoms with Crippen molar-refractivity contribution in [3.05, 3.63) is 33.4 Å². The Balaban J connectivity index is 2.56. The van der Waals surface area contributed by atoms with E-state index in [1.54, 1.807) is 13.8 Å². The molecule has 1 saturated heterocycles. The van der Waals surface area contributed by atoms with Gasteiger partial charge in [0.15, 0.2) is 0 Å². The molecule has 1 aliphatic heterocycles. The van der Waals surface area contributed by atoms with Gasteiger partial charge in [0, 0.05) is 25.1 Å². The first-order chi connectivity index (χ1) is 8.40. The lowest BCUT2D eigenvalue weighted by Gasteiger charge is -2.19. The summed E-state index contributed by atoms with van der Waals surface area (Å²) in [6, 6.07) is 3.07. The number of hydrogen-bond donors (Lipinski definition) is 1. The van der Waals surface area contributed by atoms with E-state index in [9.17, 15) is 14.9 Å². The first kappa shape index (κ1) is 12.5. The average Bonchev–Trinajstić information content (AvgIpc) is 2.56. The molecule has 6 nitrogen and oxygen atoms in total. The van der Waals surface area contributed by atoms with Crippen LogP contribution in [0.2, 0.25) is 0 Å². The summed E-state index contributed by atoms with van der Waals surface area (Å²) in [7, 11) is 0. The lowest BCUT2D eigenvalue weighted by molar-refractivity contribution is -0.384. The van der Waals surface area contributed by atoms with E-state index < -0.39 is 4.92 Å². The SMILES string of the molecule is Cc1cc(C)c(N2CC(N)CC2=O)c([N+](=O)[O-])c1. The Bertz CT molecular complexity index is 528. The van der Waals surface area contributed by atoms with Gasteiger partial charge in [-0.05, 0) is 25.0 Å². The van der Waals surface area contributed by atoms with E-state index in [-0.39, 0.29) is 24.1 Å². The molecule has 1 heterocycles. The van der Waals surface area contributed by atoms with Crippen LogP contribution in [-0.4, -0.2) is 23.4 Å². The fourth-order valence-electron chi connectivity index (χ4n) is 2.38. The molecule has 0 aromatic heterocycles. The van der Waals surface area contributed by atoms with Gasteiger partial charge in [-0.15, -0.1) is 0 Å². The van der Waals surface area contributed by atoms with Crippen LogP contribution in [0.25, 0.3) is 0 Å². The maximum absolute atomic E-state index is 11.8.